The second kappa shape index (κ2) is 7.57. The first-order valence-electron chi connectivity index (χ1n) is 8.01. The molecule has 1 aliphatic rings. The molecule has 5 N–H and O–H groups in total. The van der Waals surface area contributed by atoms with Gasteiger partial charge in [0.15, 0.2) is 5.96 Å². The summed E-state index contributed by atoms with van der Waals surface area (Å²) < 4.78 is 0. The molecule has 5 nitrogen and oxygen atoms in total. The Balaban J connectivity index is 1.52. The summed E-state index contributed by atoms with van der Waals surface area (Å²) in [7, 11) is 0. The van der Waals surface area contributed by atoms with E-state index in [4.69, 9.17) is 16.5 Å². The molecule has 0 saturated heterocycles. The summed E-state index contributed by atoms with van der Waals surface area (Å²) in [4.78, 5) is 9.01. The van der Waals surface area contributed by atoms with Crippen LogP contribution in [0, 0.1) is 0 Å². The van der Waals surface area contributed by atoms with Gasteiger partial charge < -0.3 is 16.8 Å². The van der Waals surface area contributed by atoms with Gasteiger partial charge in [-0.15, -0.1) is 0 Å². The Labute approximate surface area is 140 Å². The van der Waals surface area contributed by atoms with Gasteiger partial charge in [-0.25, -0.2) is 0 Å². The van der Waals surface area contributed by atoms with Crippen LogP contribution in [-0.2, 0) is 6.54 Å². The van der Waals surface area contributed by atoms with E-state index >= 15 is 0 Å². The third-order valence-corrected chi connectivity index (χ3v) is 4.91. The number of nitrogens with two attached hydrogens (primary N) is 2. The lowest BCUT2D eigenvalue weighted by atomic mass is 9.91. The predicted molar refractivity (Wildman–Crippen MR) is 96.2 cm³/mol. The van der Waals surface area contributed by atoms with Crippen molar-refractivity contribution >= 4 is 17.3 Å². The smallest absolute Gasteiger partial charge is 0.186 e. The van der Waals surface area contributed by atoms with Crippen molar-refractivity contribution < 1.29 is 0 Å². The van der Waals surface area contributed by atoms with E-state index in [0.29, 0.717) is 6.04 Å². The highest BCUT2D eigenvalue weighted by molar-refractivity contribution is 7.08. The number of aliphatic imine (C=N–C) groups is 1. The van der Waals surface area contributed by atoms with Crippen LogP contribution in [0.25, 0.3) is 11.3 Å². The van der Waals surface area contributed by atoms with Crippen molar-refractivity contribution in [1.82, 2.24) is 10.3 Å². The average Bonchev–Trinajstić information content (AvgIpc) is 3.08. The van der Waals surface area contributed by atoms with E-state index in [9.17, 15) is 0 Å². The Morgan fingerprint density at radius 1 is 1.22 bits per heavy atom. The van der Waals surface area contributed by atoms with Crippen molar-refractivity contribution in [3.63, 3.8) is 0 Å². The second-order valence-corrected chi connectivity index (χ2v) is 6.75. The van der Waals surface area contributed by atoms with E-state index in [1.807, 2.05) is 0 Å². The van der Waals surface area contributed by atoms with Gasteiger partial charge in [-0.1, -0.05) is 6.07 Å². The van der Waals surface area contributed by atoms with Crippen molar-refractivity contribution in [2.24, 2.45) is 16.5 Å². The monoisotopic (exact) mass is 329 g/mol. The average molecular weight is 329 g/mol. The van der Waals surface area contributed by atoms with Gasteiger partial charge in [0.05, 0.1) is 17.4 Å². The summed E-state index contributed by atoms with van der Waals surface area (Å²) in [6, 6.07) is 9.13. The molecule has 0 aromatic carbocycles. The van der Waals surface area contributed by atoms with Gasteiger partial charge in [-0.3, -0.25) is 9.98 Å². The molecule has 2 aromatic rings. The molecule has 122 valence electrons. The molecule has 0 unspecified atom stereocenters. The van der Waals surface area contributed by atoms with E-state index in [1.165, 1.54) is 5.56 Å². The highest BCUT2D eigenvalue weighted by Gasteiger charge is 2.20. The highest BCUT2D eigenvalue weighted by Crippen LogP contribution is 2.22. The molecule has 0 radical (unpaired) electrons. The van der Waals surface area contributed by atoms with Crippen LogP contribution < -0.4 is 16.8 Å². The fourth-order valence-corrected chi connectivity index (χ4v) is 3.67. The Hall–Kier alpha value is -1.92. The first kappa shape index (κ1) is 16.0. The van der Waals surface area contributed by atoms with Crippen molar-refractivity contribution in [3.8, 4) is 11.3 Å². The molecule has 1 fully saturated rings. The van der Waals surface area contributed by atoms with Crippen LogP contribution in [-0.4, -0.2) is 23.0 Å². The van der Waals surface area contributed by atoms with E-state index < -0.39 is 0 Å². The molecule has 0 spiro atoms. The summed E-state index contributed by atoms with van der Waals surface area (Å²) in [5, 5.41) is 7.82. The molecular formula is C17H23N5S. The Morgan fingerprint density at radius 3 is 2.74 bits per heavy atom. The maximum Gasteiger partial charge on any atom is 0.186 e. The van der Waals surface area contributed by atoms with Gasteiger partial charge in [0.2, 0.25) is 0 Å². The van der Waals surface area contributed by atoms with E-state index in [0.717, 1.165) is 43.6 Å². The molecule has 0 atom stereocenters. The molecule has 6 heteroatoms. The summed E-state index contributed by atoms with van der Waals surface area (Å²) in [6.07, 6.45) is 4.28. The number of hydrogen-bond donors (Lipinski definition) is 3. The minimum Gasteiger partial charge on any atom is -0.370 e. The topological polar surface area (TPSA) is 89.3 Å². The normalized spacial score (nSPS) is 21.0. The minimum absolute atomic E-state index is 0.204. The van der Waals surface area contributed by atoms with Crippen molar-refractivity contribution in [1.29, 1.82) is 0 Å². The van der Waals surface area contributed by atoms with E-state index in [1.54, 1.807) is 11.3 Å². The van der Waals surface area contributed by atoms with Gasteiger partial charge in [0.1, 0.15) is 0 Å². The standard InChI is InChI=1S/C17H23N5S/c18-17(19)22-14-6-4-13(5-7-14)20-10-15-2-1-3-16(21-15)12-8-9-23-11-12/h1-3,8-9,11,13-14,20H,4-7,10H2,(H4,18,19,22). The molecule has 2 heterocycles. The van der Waals surface area contributed by atoms with Gasteiger partial charge in [0.25, 0.3) is 0 Å². The zero-order chi connectivity index (χ0) is 16.1. The summed E-state index contributed by atoms with van der Waals surface area (Å²) in [6.45, 7) is 0.801. The number of rotatable bonds is 5. The van der Waals surface area contributed by atoms with Crippen LogP contribution >= 0.6 is 11.3 Å². The summed E-state index contributed by atoms with van der Waals surface area (Å²) in [5.41, 5.74) is 14.2. The largest absolute Gasteiger partial charge is 0.370 e. The van der Waals surface area contributed by atoms with Crippen LogP contribution in [0.3, 0.4) is 0 Å². The molecule has 1 saturated carbocycles. The third kappa shape index (κ3) is 4.53. The zero-order valence-electron chi connectivity index (χ0n) is 13.1. The number of guanidine groups is 1. The highest BCUT2D eigenvalue weighted by atomic mass is 32.1. The zero-order valence-corrected chi connectivity index (χ0v) is 13.9. The SMILES string of the molecule is NC(N)=NC1CCC(NCc2cccc(-c3ccsc3)n2)CC1. The number of hydrogen-bond acceptors (Lipinski definition) is 4. The summed E-state index contributed by atoms with van der Waals surface area (Å²) >= 11 is 1.70. The molecule has 0 aliphatic heterocycles. The lowest BCUT2D eigenvalue weighted by Crippen LogP contribution is -2.35. The Kier molecular flexibility index (Phi) is 5.25. The molecule has 0 bridgehead atoms. The van der Waals surface area contributed by atoms with Crippen molar-refractivity contribution in [2.45, 2.75) is 44.3 Å². The second-order valence-electron chi connectivity index (χ2n) is 5.97. The quantitative estimate of drug-likeness (QED) is 0.581. The first-order valence-corrected chi connectivity index (χ1v) is 8.95. The molecular weight excluding hydrogens is 306 g/mol. The molecule has 2 aromatic heterocycles. The maximum absolute atomic E-state index is 5.45. The van der Waals surface area contributed by atoms with Gasteiger partial charge >= 0.3 is 0 Å². The number of pyridine rings is 1. The van der Waals surface area contributed by atoms with Gasteiger partial charge in [-0.2, -0.15) is 11.3 Å². The van der Waals surface area contributed by atoms with Crippen molar-refractivity contribution in [3.05, 3.63) is 40.7 Å². The Bertz CT molecular complexity index is 641. The lowest BCUT2D eigenvalue weighted by molar-refractivity contribution is 0.342. The van der Waals surface area contributed by atoms with Gasteiger partial charge in [-0.05, 0) is 49.3 Å². The minimum atomic E-state index is 0.204. The van der Waals surface area contributed by atoms with Crippen LogP contribution in [0.2, 0.25) is 0 Å². The Morgan fingerprint density at radius 2 is 2.04 bits per heavy atom. The van der Waals surface area contributed by atoms with E-state index in [-0.39, 0.29) is 12.0 Å². The lowest BCUT2D eigenvalue weighted by Gasteiger charge is -2.27. The number of aromatic nitrogens is 1. The van der Waals surface area contributed by atoms with Gasteiger partial charge in [0, 0.05) is 23.5 Å². The van der Waals surface area contributed by atoms with Crippen LogP contribution in [0.4, 0.5) is 0 Å². The number of thiophene rings is 1. The fraction of sp³-hybridized carbons (Fsp3) is 0.412. The van der Waals surface area contributed by atoms with Crippen LogP contribution in [0.5, 0.6) is 0 Å². The van der Waals surface area contributed by atoms with Crippen LogP contribution in [0.1, 0.15) is 31.4 Å². The number of nitrogens with one attached hydrogen (secondary N) is 1. The first-order chi connectivity index (χ1) is 11.2. The van der Waals surface area contributed by atoms with Crippen molar-refractivity contribution in [2.75, 3.05) is 0 Å². The molecule has 3 rings (SSSR count). The fourth-order valence-electron chi connectivity index (χ4n) is 3.02. The molecule has 0 amide bonds. The number of nitrogens with zero attached hydrogens (tertiary/aromatic N) is 2. The summed E-state index contributed by atoms with van der Waals surface area (Å²) in [5.74, 6) is 0.204. The molecule has 1 aliphatic carbocycles. The third-order valence-electron chi connectivity index (χ3n) is 4.22. The maximum atomic E-state index is 5.45. The molecule has 23 heavy (non-hydrogen) atoms. The predicted octanol–water partition coefficient (Wildman–Crippen LogP) is 2.48. The van der Waals surface area contributed by atoms with E-state index in [2.05, 4.69) is 45.3 Å². The van der Waals surface area contributed by atoms with Crippen LogP contribution in [0.15, 0.2) is 40.0 Å².